The monoisotopic (exact) mass is 245 g/mol. The molecule has 18 heavy (non-hydrogen) atoms. The zero-order valence-corrected chi connectivity index (χ0v) is 12.7. The van der Waals surface area contributed by atoms with E-state index in [-0.39, 0.29) is 5.41 Å². The minimum Gasteiger partial charge on any atom is -0.359 e. The van der Waals surface area contributed by atoms with Crippen molar-refractivity contribution in [3.05, 3.63) is 42.1 Å². The highest BCUT2D eigenvalue weighted by Gasteiger charge is 2.15. The van der Waals surface area contributed by atoms with E-state index in [2.05, 4.69) is 77.7 Å². The average Bonchev–Trinajstić information content (AvgIpc) is 2.17. The van der Waals surface area contributed by atoms with Crippen LogP contribution < -0.4 is 5.32 Å². The quantitative estimate of drug-likeness (QED) is 0.767. The molecular formula is C17H27N. The highest BCUT2D eigenvalue weighted by Crippen LogP contribution is 2.26. The fraction of sp³-hybridized carbons (Fsp3) is 0.529. The van der Waals surface area contributed by atoms with Gasteiger partial charge in [-0.1, -0.05) is 60.3 Å². The van der Waals surface area contributed by atoms with Gasteiger partial charge in [0, 0.05) is 16.8 Å². The first kappa shape index (κ1) is 14.8. The van der Waals surface area contributed by atoms with Crippen LogP contribution in [0.5, 0.6) is 0 Å². The molecule has 0 atom stereocenters. The molecule has 0 amide bonds. The molecule has 1 N–H and O–H groups in total. The number of hydrogen-bond donors (Lipinski definition) is 1. The second-order valence-corrected chi connectivity index (χ2v) is 7.29. The van der Waals surface area contributed by atoms with E-state index < -0.39 is 0 Å². The smallest absolute Gasteiger partial charge is 0.0381 e. The second-order valence-electron chi connectivity index (χ2n) is 7.29. The summed E-state index contributed by atoms with van der Waals surface area (Å²) in [6.07, 6.45) is 1.10. The van der Waals surface area contributed by atoms with Crippen LogP contribution in [0.15, 0.2) is 36.5 Å². The highest BCUT2D eigenvalue weighted by atomic mass is 14.9. The van der Waals surface area contributed by atoms with E-state index in [4.69, 9.17) is 0 Å². The molecule has 1 nitrogen and oxygen atoms in total. The van der Waals surface area contributed by atoms with Gasteiger partial charge >= 0.3 is 0 Å². The van der Waals surface area contributed by atoms with E-state index >= 15 is 0 Å². The third kappa shape index (κ3) is 4.95. The van der Waals surface area contributed by atoms with Gasteiger partial charge in [-0.2, -0.15) is 0 Å². The van der Waals surface area contributed by atoms with Crippen LogP contribution in [0.3, 0.4) is 0 Å². The molecule has 0 saturated carbocycles. The molecule has 0 aliphatic carbocycles. The van der Waals surface area contributed by atoms with Crippen molar-refractivity contribution in [2.24, 2.45) is 10.8 Å². The maximum absolute atomic E-state index is 4.09. The lowest BCUT2D eigenvalue weighted by Crippen LogP contribution is -2.15. The van der Waals surface area contributed by atoms with E-state index in [0.717, 1.165) is 17.8 Å². The number of hydrogen-bond acceptors (Lipinski definition) is 1. The van der Waals surface area contributed by atoms with Crippen molar-refractivity contribution >= 4 is 5.69 Å². The Morgan fingerprint density at radius 1 is 1.00 bits per heavy atom. The van der Waals surface area contributed by atoms with Crippen LogP contribution in [0.2, 0.25) is 0 Å². The fourth-order valence-electron chi connectivity index (χ4n) is 1.68. The number of allylic oxidation sites excluding steroid dienone is 1. The molecule has 0 radical (unpaired) electrons. The molecule has 0 aromatic heterocycles. The molecule has 1 aromatic rings. The van der Waals surface area contributed by atoms with E-state index in [0.29, 0.717) is 5.41 Å². The zero-order valence-electron chi connectivity index (χ0n) is 12.7. The van der Waals surface area contributed by atoms with E-state index in [9.17, 15) is 0 Å². The predicted octanol–water partition coefficient (Wildman–Crippen LogP) is 5.25. The Bertz CT molecular complexity index is 399. The largest absolute Gasteiger partial charge is 0.359 e. The molecule has 0 fully saturated rings. The van der Waals surface area contributed by atoms with Gasteiger partial charge in [0.15, 0.2) is 0 Å². The molecular weight excluding hydrogens is 218 g/mol. The zero-order chi connectivity index (χ0) is 14.0. The van der Waals surface area contributed by atoms with Gasteiger partial charge in [-0.25, -0.2) is 0 Å². The normalized spacial score (nSPS) is 12.3. The third-order valence-electron chi connectivity index (χ3n) is 2.89. The standard InChI is InChI=1S/C17H27N/c1-13(17(5,6)7)18-15-10-8-14(9-11-15)12-16(2,3)4/h8-11,18H,1,12H2,2-7H3. The molecule has 1 aromatic carbocycles. The lowest BCUT2D eigenvalue weighted by Gasteiger charge is -2.23. The van der Waals surface area contributed by atoms with Crippen LogP contribution in [0.1, 0.15) is 47.1 Å². The summed E-state index contributed by atoms with van der Waals surface area (Å²) in [5.74, 6) is 0. The second kappa shape index (κ2) is 5.17. The Kier molecular flexibility index (Phi) is 4.26. The summed E-state index contributed by atoms with van der Waals surface area (Å²) >= 11 is 0. The molecule has 100 valence electrons. The van der Waals surface area contributed by atoms with Crippen LogP contribution in [0, 0.1) is 10.8 Å². The summed E-state index contributed by atoms with van der Waals surface area (Å²) in [6.45, 7) is 17.4. The molecule has 0 unspecified atom stereocenters. The van der Waals surface area contributed by atoms with E-state index in [1.807, 2.05) is 0 Å². The third-order valence-corrected chi connectivity index (χ3v) is 2.89. The molecule has 0 aliphatic rings. The molecule has 1 heteroatoms. The van der Waals surface area contributed by atoms with Gasteiger partial charge in [-0.05, 0) is 29.5 Å². The van der Waals surface area contributed by atoms with Crippen LogP contribution in [0.25, 0.3) is 0 Å². The molecule has 0 aliphatic heterocycles. The van der Waals surface area contributed by atoms with Crippen LogP contribution in [0.4, 0.5) is 5.69 Å². The molecule has 0 saturated heterocycles. The van der Waals surface area contributed by atoms with E-state index in [1.165, 1.54) is 5.56 Å². The van der Waals surface area contributed by atoms with Crippen molar-refractivity contribution < 1.29 is 0 Å². The molecule has 0 heterocycles. The summed E-state index contributed by atoms with van der Waals surface area (Å²) in [5.41, 5.74) is 3.97. The van der Waals surface area contributed by atoms with Gasteiger partial charge in [0.25, 0.3) is 0 Å². The Morgan fingerprint density at radius 3 is 1.89 bits per heavy atom. The highest BCUT2D eigenvalue weighted by molar-refractivity contribution is 5.49. The van der Waals surface area contributed by atoms with Crippen molar-refractivity contribution in [2.45, 2.75) is 48.0 Å². The summed E-state index contributed by atoms with van der Waals surface area (Å²) < 4.78 is 0. The summed E-state index contributed by atoms with van der Waals surface area (Å²) in [5, 5.41) is 3.38. The maximum Gasteiger partial charge on any atom is 0.0381 e. The lowest BCUT2D eigenvalue weighted by atomic mass is 9.88. The number of anilines is 1. The van der Waals surface area contributed by atoms with Gasteiger partial charge in [0.1, 0.15) is 0 Å². The number of benzene rings is 1. The van der Waals surface area contributed by atoms with Gasteiger partial charge in [0.2, 0.25) is 0 Å². The Morgan fingerprint density at radius 2 is 1.50 bits per heavy atom. The summed E-state index contributed by atoms with van der Waals surface area (Å²) in [7, 11) is 0. The maximum atomic E-state index is 4.09. The van der Waals surface area contributed by atoms with Gasteiger partial charge < -0.3 is 5.32 Å². The van der Waals surface area contributed by atoms with Crippen LogP contribution >= 0.6 is 0 Å². The molecule has 1 rings (SSSR count). The summed E-state index contributed by atoms with van der Waals surface area (Å²) in [6, 6.07) is 8.67. The number of nitrogens with one attached hydrogen (secondary N) is 1. The first-order valence-electron chi connectivity index (χ1n) is 6.63. The Balaban J connectivity index is 2.70. The van der Waals surface area contributed by atoms with Crippen molar-refractivity contribution in [3.8, 4) is 0 Å². The van der Waals surface area contributed by atoms with E-state index in [1.54, 1.807) is 0 Å². The van der Waals surface area contributed by atoms with Crippen molar-refractivity contribution in [3.63, 3.8) is 0 Å². The SMILES string of the molecule is C=C(Nc1ccc(CC(C)(C)C)cc1)C(C)(C)C. The topological polar surface area (TPSA) is 12.0 Å². The minimum atomic E-state index is 0.0874. The molecule has 0 spiro atoms. The van der Waals surface area contributed by atoms with Crippen molar-refractivity contribution in [1.82, 2.24) is 0 Å². The first-order valence-corrected chi connectivity index (χ1v) is 6.63. The van der Waals surface area contributed by atoms with Gasteiger partial charge in [-0.3, -0.25) is 0 Å². The van der Waals surface area contributed by atoms with Crippen molar-refractivity contribution in [1.29, 1.82) is 0 Å². The number of rotatable bonds is 3. The first-order chi connectivity index (χ1) is 8.08. The Hall–Kier alpha value is -1.24. The summed E-state index contributed by atoms with van der Waals surface area (Å²) in [4.78, 5) is 0. The van der Waals surface area contributed by atoms with Crippen LogP contribution in [-0.4, -0.2) is 0 Å². The average molecular weight is 245 g/mol. The van der Waals surface area contributed by atoms with Gasteiger partial charge in [-0.15, -0.1) is 0 Å². The van der Waals surface area contributed by atoms with Crippen LogP contribution in [-0.2, 0) is 6.42 Å². The fourth-order valence-corrected chi connectivity index (χ4v) is 1.68. The van der Waals surface area contributed by atoms with Crippen molar-refractivity contribution in [2.75, 3.05) is 5.32 Å². The molecule has 0 bridgehead atoms. The predicted molar refractivity (Wildman–Crippen MR) is 81.8 cm³/mol. The minimum absolute atomic E-state index is 0.0874. The lowest BCUT2D eigenvalue weighted by molar-refractivity contribution is 0.411. The Labute approximate surface area is 112 Å². The van der Waals surface area contributed by atoms with Gasteiger partial charge in [0.05, 0.1) is 0 Å².